The molecule has 3 nitrogen and oxygen atoms in total. The smallest absolute Gasteiger partial charge is 0.237 e. The molecule has 1 aliphatic rings. The summed E-state index contributed by atoms with van der Waals surface area (Å²) in [4.78, 5) is 13.1. The molecule has 0 aromatic carbocycles. The van der Waals surface area contributed by atoms with E-state index in [1.807, 2.05) is 6.92 Å². The van der Waals surface area contributed by atoms with Crippen molar-refractivity contribution >= 4 is 6.08 Å². The van der Waals surface area contributed by atoms with Crippen molar-refractivity contribution < 1.29 is 9.53 Å². The Kier molecular flexibility index (Phi) is 1.98. The zero-order valence-corrected chi connectivity index (χ0v) is 5.33. The lowest BCUT2D eigenvalue weighted by Crippen LogP contribution is -2.03. The summed E-state index contributed by atoms with van der Waals surface area (Å²) in [6.07, 6.45) is 3.38. The van der Waals surface area contributed by atoms with E-state index < -0.39 is 0 Å². The van der Waals surface area contributed by atoms with E-state index in [0.29, 0.717) is 0 Å². The van der Waals surface area contributed by atoms with Gasteiger partial charge in [-0.05, 0) is 19.8 Å². The van der Waals surface area contributed by atoms with Crippen LogP contribution in [0, 0.1) is 0 Å². The predicted molar refractivity (Wildman–Crippen MR) is 31.7 cm³/mol. The van der Waals surface area contributed by atoms with Crippen LogP contribution in [0.1, 0.15) is 19.8 Å². The van der Waals surface area contributed by atoms with Crippen LogP contribution in [0.15, 0.2) is 4.99 Å². The Bertz CT molecular complexity index is 140. The van der Waals surface area contributed by atoms with Crippen LogP contribution in [-0.4, -0.2) is 18.4 Å². The molecule has 0 saturated carbocycles. The summed E-state index contributed by atoms with van der Waals surface area (Å²) in [5.41, 5.74) is 0. The van der Waals surface area contributed by atoms with E-state index in [4.69, 9.17) is 4.74 Å². The molecule has 1 rings (SSSR count). The Morgan fingerprint density at radius 3 is 2.89 bits per heavy atom. The molecule has 1 heterocycles. The lowest BCUT2D eigenvalue weighted by atomic mass is 10.2. The van der Waals surface area contributed by atoms with Crippen LogP contribution >= 0.6 is 0 Å². The van der Waals surface area contributed by atoms with E-state index in [9.17, 15) is 4.79 Å². The minimum absolute atomic E-state index is 0.211. The van der Waals surface area contributed by atoms with E-state index in [0.717, 1.165) is 12.8 Å². The van der Waals surface area contributed by atoms with Crippen LogP contribution in [0.4, 0.5) is 0 Å². The van der Waals surface area contributed by atoms with Gasteiger partial charge in [-0.2, -0.15) is 4.99 Å². The van der Waals surface area contributed by atoms with Gasteiger partial charge >= 0.3 is 0 Å². The summed E-state index contributed by atoms with van der Waals surface area (Å²) in [5.74, 6) is 0. The molecular weight excluding hydrogens is 118 g/mol. The number of aliphatic imine (C=N–C) groups is 1. The van der Waals surface area contributed by atoms with Crippen LogP contribution in [-0.2, 0) is 9.53 Å². The highest BCUT2D eigenvalue weighted by atomic mass is 16.5. The minimum atomic E-state index is -0.211. The fraction of sp³-hybridized carbons (Fsp3) is 0.833. The third-order valence-electron chi connectivity index (χ3n) is 1.41. The maximum Gasteiger partial charge on any atom is 0.237 e. The third kappa shape index (κ3) is 1.63. The summed E-state index contributed by atoms with van der Waals surface area (Å²) in [5, 5.41) is 0. The highest BCUT2D eigenvalue weighted by molar-refractivity contribution is 5.33. The monoisotopic (exact) mass is 127 g/mol. The zero-order chi connectivity index (χ0) is 6.69. The lowest BCUT2D eigenvalue weighted by Gasteiger charge is -2.00. The first-order valence-corrected chi connectivity index (χ1v) is 3.05. The molecule has 1 fully saturated rings. The summed E-state index contributed by atoms with van der Waals surface area (Å²) in [7, 11) is 0. The SMILES string of the molecule is CC1CCC(N=C=O)O1. The molecule has 0 amide bonds. The van der Waals surface area contributed by atoms with Crippen LogP contribution in [0.25, 0.3) is 0 Å². The molecular formula is C6H9NO2. The standard InChI is InChI=1S/C6H9NO2/c1-5-2-3-6(9-5)7-4-8/h5-6H,2-3H2,1H3. The number of nitrogens with zero attached hydrogens (tertiary/aromatic N) is 1. The molecule has 1 aliphatic heterocycles. The molecule has 0 aromatic heterocycles. The second-order valence-corrected chi connectivity index (χ2v) is 2.20. The zero-order valence-electron chi connectivity index (χ0n) is 5.33. The van der Waals surface area contributed by atoms with Crippen molar-refractivity contribution in [1.29, 1.82) is 0 Å². The number of ether oxygens (including phenoxy) is 1. The van der Waals surface area contributed by atoms with Gasteiger partial charge in [0.05, 0.1) is 6.10 Å². The average molecular weight is 127 g/mol. The first kappa shape index (κ1) is 6.46. The Balaban J connectivity index is 2.38. The maximum absolute atomic E-state index is 9.70. The molecule has 0 N–H and O–H groups in total. The van der Waals surface area contributed by atoms with Gasteiger partial charge in [-0.1, -0.05) is 0 Å². The molecule has 0 bridgehead atoms. The molecule has 2 unspecified atom stereocenters. The average Bonchev–Trinajstić information content (AvgIpc) is 2.17. The third-order valence-corrected chi connectivity index (χ3v) is 1.41. The number of rotatable bonds is 1. The van der Waals surface area contributed by atoms with E-state index in [1.54, 1.807) is 0 Å². The van der Waals surface area contributed by atoms with Gasteiger partial charge in [-0.25, -0.2) is 4.79 Å². The van der Waals surface area contributed by atoms with Crippen molar-refractivity contribution in [3.8, 4) is 0 Å². The van der Waals surface area contributed by atoms with Crippen molar-refractivity contribution in [3.05, 3.63) is 0 Å². The second-order valence-electron chi connectivity index (χ2n) is 2.20. The first-order chi connectivity index (χ1) is 4.33. The molecule has 3 heteroatoms. The van der Waals surface area contributed by atoms with E-state index in [-0.39, 0.29) is 12.3 Å². The molecule has 0 spiro atoms. The maximum atomic E-state index is 9.70. The summed E-state index contributed by atoms with van der Waals surface area (Å²) in [6.45, 7) is 1.97. The van der Waals surface area contributed by atoms with E-state index >= 15 is 0 Å². The van der Waals surface area contributed by atoms with Gasteiger partial charge in [0.15, 0.2) is 6.23 Å². The predicted octanol–water partition coefficient (Wildman–Crippen LogP) is 0.847. The van der Waals surface area contributed by atoms with Gasteiger partial charge < -0.3 is 4.74 Å². The summed E-state index contributed by atoms with van der Waals surface area (Å²) < 4.78 is 5.17. The van der Waals surface area contributed by atoms with E-state index in [1.165, 1.54) is 6.08 Å². The molecule has 50 valence electrons. The molecule has 0 radical (unpaired) electrons. The van der Waals surface area contributed by atoms with Gasteiger partial charge in [0, 0.05) is 0 Å². The van der Waals surface area contributed by atoms with Crippen molar-refractivity contribution in [2.45, 2.75) is 32.1 Å². The normalized spacial score (nSPS) is 33.9. The van der Waals surface area contributed by atoms with Crippen LogP contribution in [0.3, 0.4) is 0 Å². The largest absolute Gasteiger partial charge is 0.353 e. The Labute approximate surface area is 53.7 Å². The molecule has 9 heavy (non-hydrogen) atoms. The van der Waals surface area contributed by atoms with Gasteiger partial charge in [-0.15, -0.1) is 0 Å². The molecule has 2 atom stereocenters. The van der Waals surface area contributed by atoms with Crippen molar-refractivity contribution in [3.63, 3.8) is 0 Å². The van der Waals surface area contributed by atoms with Crippen LogP contribution < -0.4 is 0 Å². The van der Waals surface area contributed by atoms with Gasteiger partial charge in [-0.3, -0.25) is 0 Å². The topological polar surface area (TPSA) is 38.7 Å². The highest BCUT2D eigenvalue weighted by Crippen LogP contribution is 2.18. The van der Waals surface area contributed by atoms with Crippen molar-refractivity contribution in [2.24, 2.45) is 4.99 Å². The lowest BCUT2D eigenvalue weighted by molar-refractivity contribution is 0.0616. The van der Waals surface area contributed by atoms with Crippen molar-refractivity contribution in [1.82, 2.24) is 0 Å². The highest BCUT2D eigenvalue weighted by Gasteiger charge is 2.20. The quantitative estimate of drug-likeness (QED) is 0.387. The Morgan fingerprint density at radius 1 is 1.67 bits per heavy atom. The Hall–Kier alpha value is -0.660. The van der Waals surface area contributed by atoms with Crippen LogP contribution in [0.2, 0.25) is 0 Å². The van der Waals surface area contributed by atoms with Crippen molar-refractivity contribution in [2.75, 3.05) is 0 Å². The fourth-order valence-electron chi connectivity index (χ4n) is 0.935. The second kappa shape index (κ2) is 2.76. The molecule has 0 aromatic rings. The fourth-order valence-corrected chi connectivity index (χ4v) is 0.935. The van der Waals surface area contributed by atoms with Gasteiger partial charge in [0.25, 0.3) is 0 Å². The first-order valence-electron chi connectivity index (χ1n) is 3.05. The van der Waals surface area contributed by atoms with Gasteiger partial charge in [0.1, 0.15) is 0 Å². The summed E-state index contributed by atoms with van der Waals surface area (Å²) >= 11 is 0. The molecule has 0 aliphatic carbocycles. The number of hydrogen-bond acceptors (Lipinski definition) is 3. The molecule has 1 saturated heterocycles. The number of carbonyl (C=O) groups excluding carboxylic acids is 1. The Morgan fingerprint density at radius 2 is 2.44 bits per heavy atom. The van der Waals surface area contributed by atoms with E-state index in [2.05, 4.69) is 4.99 Å². The number of isocyanates is 1. The minimum Gasteiger partial charge on any atom is -0.353 e. The number of hydrogen-bond donors (Lipinski definition) is 0. The summed E-state index contributed by atoms with van der Waals surface area (Å²) in [6, 6.07) is 0. The van der Waals surface area contributed by atoms with Crippen LogP contribution in [0.5, 0.6) is 0 Å². The van der Waals surface area contributed by atoms with Gasteiger partial charge in [0.2, 0.25) is 6.08 Å².